The van der Waals surface area contributed by atoms with Crippen molar-refractivity contribution in [3.05, 3.63) is 35.1 Å². The highest BCUT2D eigenvalue weighted by atomic mass is 32.1. The van der Waals surface area contributed by atoms with E-state index in [2.05, 4.69) is 25.8 Å². The molecular weight excluding hydrogens is 332 g/mol. The van der Waals surface area contributed by atoms with E-state index in [0.717, 1.165) is 10.7 Å². The van der Waals surface area contributed by atoms with Gasteiger partial charge in [0.05, 0.1) is 11.9 Å². The maximum atomic E-state index is 12.2. The lowest BCUT2D eigenvalue weighted by molar-refractivity contribution is 0.102. The minimum absolute atomic E-state index is 0.178. The highest BCUT2D eigenvalue weighted by Gasteiger charge is 2.16. The first kappa shape index (κ1) is 14.6. The number of hydrogen-bond donors (Lipinski definition) is 1. The van der Waals surface area contributed by atoms with Crippen LogP contribution >= 0.6 is 11.3 Å². The van der Waals surface area contributed by atoms with Crippen molar-refractivity contribution in [2.75, 3.05) is 18.5 Å². The molecule has 1 amide bonds. The van der Waals surface area contributed by atoms with Crippen molar-refractivity contribution in [2.45, 2.75) is 6.92 Å². The SMILES string of the molecule is Cc1nnc(NC(=O)c2cn(-c3ccc4c(c3)OCCO4)nn2)s1. The van der Waals surface area contributed by atoms with Gasteiger partial charge in [0, 0.05) is 6.07 Å². The van der Waals surface area contributed by atoms with Gasteiger partial charge in [-0.1, -0.05) is 16.6 Å². The van der Waals surface area contributed by atoms with E-state index in [0.29, 0.717) is 29.8 Å². The molecule has 1 aromatic carbocycles. The van der Waals surface area contributed by atoms with Crippen LogP contribution in [0.25, 0.3) is 5.69 Å². The summed E-state index contributed by atoms with van der Waals surface area (Å²) in [7, 11) is 0. The largest absolute Gasteiger partial charge is 0.486 e. The third-order valence-electron chi connectivity index (χ3n) is 3.26. The topological polar surface area (TPSA) is 104 Å². The number of aromatic nitrogens is 5. The molecule has 10 heteroatoms. The van der Waals surface area contributed by atoms with Crippen molar-refractivity contribution in [3.63, 3.8) is 0 Å². The smallest absolute Gasteiger partial charge is 0.279 e. The molecule has 122 valence electrons. The van der Waals surface area contributed by atoms with E-state index in [9.17, 15) is 4.79 Å². The second-order valence-electron chi connectivity index (χ2n) is 4.96. The third kappa shape index (κ3) is 2.78. The Bertz CT molecular complexity index is 906. The first-order valence-corrected chi connectivity index (χ1v) is 7.94. The van der Waals surface area contributed by atoms with Crippen molar-refractivity contribution in [1.82, 2.24) is 25.2 Å². The summed E-state index contributed by atoms with van der Waals surface area (Å²) in [4.78, 5) is 12.2. The molecule has 0 unspecified atom stereocenters. The average molecular weight is 344 g/mol. The molecule has 0 spiro atoms. The van der Waals surface area contributed by atoms with Gasteiger partial charge >= 0.3 is 0 Å². The molecule has 9 nitrogen and oxygen atoms in total. The Balaban J connectivity index is 1.55. The predicted octanol–water partition coefficient (Wildman–Crippen LogP) is 1.45. The maximum Gasteiger partial charge on any atom is 0.279 e. The Kier molecular flexibility index (Phi) is 3.58. The fourth-order valence-corrected chi connectivity index (χ4v) is 2.76. The lowest BCUT2D eigenvalue weighted by Gasteiger charge is -2.18. The van der Waals surface area contributed by atoms with Gasteiger partial charge in [0.2, 0.25) is 5.13 Å². The van der Waals surface area contributed by atoms with Gasteiger partial charge in [0.1, 0.15) is 18.2 Å². The molecule has 1 aliphatic heterocycles. The first-order chi connectivity index (χ1) is 11.7. The van der Waals surface area contributed by atoms with Crippen molar-refractivity contribution in [2.24, 2.45) is 0 Å². The number of aryl methyl sites for hydroxylation is 1. The van der Waals surface area contributed by atoms with E-state index in [1.54, 1.807) is 12.1 Å². The number of anilines is 1. The number of ether oxygens (including phenoxy) is 2. The van der Waals surface area contributed by atoms with Crippen LogP contribution in [0.1, 0.15) is 15.5 Å². The number of amides is 1. The standard InChI is InChI=1S/C14H12N6O3S/c1-8-16-18-14(24-8)15-13(21)10-7-20(19-17-10)9-2-3-11-12(6-9)23-5-4-22-11/h2-3,6-7H,4-5H2,1H3,(H,15,18,21). The molecule has 1 N–H and O–H groups in total. The number of hydrogen-bond acceptors (Lipinski definition) is 8. The van der Waals surface area contributed by atoms with E-state index >= 15 is 0 Å². The molecule has 3 heterocycles. The molecule has 0 bridgehead atoms. The summed E-state index contributed by atoms with van der Waals surface area (Å²) in [6.07, 6.45) is 1.54. The molecular formula is C14H12N6O3S. The molecule has 0 saturated heterocycles. The zero-order valence-electron chi connectivity index (χ0n) is 12.6. The van der Waals surface area contributed by atoms with Gasteiger partial charge in [0.15, 0.2) is 17.2 Å². The maximum absolute atomic E-state index is 12.2. The molecule has 24 heavy (non-hydrogen) atoms. The monoisotopic (exact) mass is 344 g/mol. The summed E-state index contributed by atoms with van der Waals surface area (Å²) in [6.45, 7) is 2.85. The quantitative estimate of drug-likeness (QED) is 0.767. The van der Waals surface area contributed by atoms with E-state index in [1.807, 2.05) is 13.0 Å². The summed E-state index contributed by atoms with van der Waals surface area (Å²) in [5.74, 6) is 0.939. The minimum Gasteiger partial charge on any atom is -0.486 e. The minimum atomic E-state index is -0.394. The van der Waals surface area contributed by atoms with Crippen LogP contribution in [-0.4, -0.2) is 44.3 Å². The van der Waals surface area contributed by atoms with E-state index in [4.69, 9.17) is 9.47 Å². The number of carbonyl (C=O) groups is 1. The number of nitrogens with zero attached hydrogens (tertiary/aromatic N) is 5. The molecule has 0 fully saturated rings. The van der Waals surface area contributed by atoms with Gasteiger partial charge in [-0.2, -0.15) is 0 Å². The van der Waals surface area contributed by atoms with Crippen molar-refractivity contribution in [1.29, 1.82) is 0 Å². The highest BCUT2D eigenvalue weighted by Crippen LogP contribution is 2.31. The number of rotatable bonds is 3. The zero-order valence-corrected chi connectivity index (χ0v) is 13.4. The van der Waals surface area contributed by atoms with Gasteiger partial charge in [-0.25, -0.2) is 4.68 Å². The Hall–Kier alpha value is -3.01. The molecule has 0 aliphatic carbocycles. The summed E-state index contributed by atoms with van der Waals surface area (Å²) < 4.78 is 12.5. The molecule has 2 aromatic heterocycles. The van der Waals surface area contributed by atoms with Crippen LogP contribution < -0.4 is 14.8 Å². The lowest BCUT2D eigenvalue weighted by Crippen LogP contribution is -2.15. The molecule has 3 aromatic rings. The van der Waals surface area contributed by atoms with E-state index in [1.165, 1.54) is 22.2 Å². The lowest BCUT2D eigenvalue weighted by atomic mass is 10.2. The molecule has 0 radical (unpaired) electrons. The Morgan fingerprint density at radius 1 is 1.21 bits per heavy atom. The molecule has 0 saturated carbocycles. The van der Waals surface area contributed by atoms with Crippen molar-refractivity contribution >= 4 is 22.4 Å². The van der Waals surface area contributed by atoms with Crippen LogP contribution in [-0.2, 0) is 0 Å². The first-order valence-electron chi connectivity index (χ1n) is 7.13. The van der Waals surface area contributed by atoms with Crippen LogP contribution in [0.5, 0.6) is 11.5 Å². The van der Waals surface area contributed by atoms with Crippen LogP contribution in [0.2, 0.25) is 0 Å². The molecule has 4 rings (SSSR count). The average Bonchev–Trinajstić information content (AvgIpc) is 3.24. The van der Waals surface area contributed by atoms with Gasteiger partial charge in [-0.15, -0.1) is 15.3 Å². The van der Waals surface area contributed by atoms with Crippen LogP contribution in [0.4, 0.5) is 5.13 Å². The zero-order chi connectivity index (χ0) is 16.5. The fourth-order valence-electron chi connectivity index (χ4n) is 2.18. The Morgan fingerprint density at radius 3 is 2.83 bits per heavy atom. The van der Waals surface area contributed by atoms with E-state index in [-0.39, 0.29) is 5.69 Å². The summed E-state index contributed by atoms with van der Waals surface area (Å²) in [5.41, 5.74) is 0.898. The van der Waals surface area contributed by atoms with Crippen molar-refractivity contribution in [3.8, 4) is 17.2 Å². The molecule has 1 aliphatic rings. The Morgan fingerprint density at radius 2 is 2.04 bits per heavy atom. The van der Waals surface area contributed by atoms with Gasteiger partial charge in [-0.3, -0.25) is 10.1 Å². The van der Waals surface area contributed by atoms with Crippen LogP contribution in [0, 0.1) is 6.92 Å². The fraction of sp³-hybridized carbons (Fsp3) is 0.214. The van der Waals surface area contributed by atoms with Gasteiger partial charge in [-0.05, 0) is 19.1 Å². The van der Waals surface area contributed by atoms with Crippen LogP contribution in [0.15, 0.2) is 24.4 Å². The van der Waals surface area contributed by atoms with Gasteiger partial charge in [0.25, 0.3) is 5.91 Å². The summed E-state index contributed by atoms with van der Waals surface area (Å²) >= 11 is 1.29. The van der Waals surface area contributed by atoms with Crippen LogP contribution in [0.3, 0.4) is 0 Å². The van der Waals surface area contributed by atoms with Crippen molar-refractivity contribution < 1.29 is 14.3 Å². The number of carbonyl (C=O) groups excluding carboxylic acids is 1. The number of benzene rings is 1. The highest BCUT2D eigenvalue weighted by molar-refractivity contribution is 7.15. The second-order valence-corrected chi connectivity index (χ2v) is 6.14. The Labute approximate surface area is 140 Å². The second kappa shape index (κ2) is 5.89. The number of fused-ring (bicyclic) bond motifs is 1. The normalized spacial score (nSPS) is 12.9. The summed E-state index contributed by atoms with van der Waals surface area (Å²) in [5, 5.41) is 19.4. The number of nitrogens with one attached hydrogen (secondary N) is 1. The third-order valence-corrected chi connectivity index (χ3v) is 4.02. The summed E-state index contributed by atoms with van der Waals surface area (Å²) in [6, 6.07) is 5.41. The predicted molar refractivity (Wildman–Crippen MR) is 84.9 cm³/mol. The van der Waals surface area contributed by atoms with Gasteiger partial charge < -0.3 is 9.47 Å². The molecule has 0 atom stereocenters. The van der Waals surface area contributed by atoms with E-state index < -0.39 is 5.91 Å².